The van der Waals surface area contributed by atoms with E-state index in [2.05, 4.69) is 31.4 Å². The van der Waals surface area contributed by atoms with Gasteiger partial charge in [0.1, 0.15) is 0 Å². The van der Waals surface area contributed by atoms with Gasteiger partial charge in [-0.1, -0.05) is 26.0 Å². The fourth-order valence-corrected chi connectivity index (χ4v) is 1.83. The molecule has 1 aromatic rings. The lowest BCUT2D eigenvalue weighted by Gasteiger charge is -2.11. The lowest BCUT2D eigenvalue weighted by atomic mass is 10.1. The van der Waals surface area contributed by atoms with E-state index in [0.717, 1.165) is 31.6 Å². The van der Waals surface area contributed by atoms with Crippen molar-refractivity contribution >= 4 is 5.91 Å². The summed E-state index contributed by atoms with van der Waals surface area (Å²) in [5.74, 6) is -0.0259. The van der Waals surface area contributed by atoms with Gasteiger partial charge in [-0.2, -0.15) is 0 Å². The summed E-state index contributed by atoms with van der Waals surface area (Å²) in [5.41, 5.74) is 1.79. The first-order valence-electron chi connectivity index (χ1n) is 7.85. The van der Waals surface area contributed by atoms with Crippen molar-refractivity contribution in [3.63, 3.8) is 0 Å². The van der Waals surface area contributed by atoms with E-state index in [1.165, 1.54) is 0 Å². The van der Waals surface area contributed by atoms with E-state index in [1.807, 2.05) is 24.3 Å². The number of nitrogens with one attached hydrogen (secondary N) is 2. The molecule has 1 unspecified atom stereocenters. The minimum atomic E-state index is -0.0259. The molecule has 21 heavy (non-hydrogen) atoms. The van der Waals surface area contributed by atoms with Crippen LogP contribution in [0.15, 0.2) is 24.3 Å². The summed E-state index contributed by atoms with van der Waals surface area (Å²) >= 11 is 0. The zero-order valence-electron chi connectivity index (χ0n) is 13.4. The van der Waals surface area contributed by atoms with Gasteiger partial charge in [0.2, 0.25) is 0 Å². The van der Waals surface area contributed by atoms with Crippen LogP contribution in [0.25, 0.3) is 0 Å². The summed E-state index contributed by atoms with van der Waals surface area (Å²) in [6.07, 6.45) is 2.11. The van der Waals surface area contributed by atoms with E-state index < -0.39 is 0 Å². The van der Waals surface area contributed by atoms with E-state index >= 15 is 0 Å². The number of rotatable bonds is 10. The summed E-state index contributed by atoms with van der Waals surface area (Å²) in [5, 5.41) is 6.26. The van der Waals surface area contributed by atoms with Crippen molar-refractivity contribution in [2.75, 3.05) is 19.7 Å². The van der Waals surface area contributed by atoms with Crippen LogP contribution in [0.5, 0.6) is 0 Å². The van der Waals surface area contributed by atoms with Gasteiger partial charge in [0.05, 0.1) is 6.61 Å². The molecule has 0 heterocycles. The van der Waals surface area contributed by atoms with Gasteiger partial charge in [0.15, 0.2) is 0 Å². The first-order chi connectivity index (χ1) is 10.2. The zero-order valence-corrected chi connectivity index (χ0v) is 13.4. The van der Waals surface area contributed by atoms with Crippen molar-refractivity contribution in [2.45, 2.75) is 46.3 Å². The van der Waals surface area contributed by atoms with E-state index in [9.17, 15) is 4.79 Å². The molecule has 0 aliphatic carbocycles. The third kappa shape index (κ3) is 7.25. The molecular formula is C17H32N2O2. The van der Waals surface area contributed by atoms with Crippen molar-refractivity contribution < 1.29 is 12.4 Å². The van der Waals surface area contributed by atoms with E-state index in [0.29, 0.717) is 24.8 Å². The summed E-state index contributed by atoms with van der Waals surface area (Å²) in [6, 6.07) is 8.08. The largest absolute Gasteiger partial charge is 0.377 e. The first kappa shape index (κ1) is 17.7. The minimum absolute atomic E-state index is 0. The molecular weight excluding hydrogens is 264 g/mol. The highest BCUT2D eigenvalue weighted by Gasteiger charge is 2.05. The Hall–Kier alpha value is -1.39. The van der Waals surface area contributed by atoms with Gasteiger partial charge in [-0.05, 0) is 37.5 Å². The van der Waals surface area contributed by atoms with Gasteiger partial charge in [0.25, 0.3) is 5.91 Å². The summed E-state index contributed by atoms with van der Waals surface area (Å²) in [6.45, 7) is 9.18. The summed E-state index contributed by atoms with van der Waals surface area (Å²) in [4.78, 5) is 12.0. The molecule has 0 radical (unpaired) electrons. The molecule has 0 aliphatic rings. The highest BCUT2D eigenvalue weighted by Crippen LogP contribution is 2.06. The van der Waals surface area contributed by atoms with Gasteiger partial charge in [0, 0.05) is 34.2 Å². The molecule has 1 aromatic carbocycles. The quantitative estimate of drug-likeness (QED) is 0.652. The number of benzene rings is 1. The Balaban J connectivity index is 0. The third-order valence-electron chi connectivity index (χ3n) is 3.35. The zero-order chi connectivity index (χ0) is 15.5. The maximum absolute atomic E-state index is 12.0. The molecule has 0 spiro atoms. The van der Waals surface area contributed by atoms with Crippen LogP contribution in [0.1, 0.15) is 52.4 Å². The van der Waals surface area contributed by atoms with Crippen LogP contribution >= 0.6 is 0 Å². The monoisotopic (exact) mass is 296 g/mol. The van der Waals surface area contributed by atoms with Gasteiger partial charge in [-0.3, -0.25) is 4.79 Å². The van der Waals surface area contributed by atoms with Gasteiger partial charge < -0.3 is 15.4 Å². The SMILES string of the molecule is CCCOCc1ccc(C(=O)NCCNC(C)CC)cc1.[HH].[HH]. The molecule has 0 aromatic heterocycles. The molecule has 4 nitrogen and oxygen atoms in total. The smallest absolute Gasteiger partial charge is 0.251 e. The first-order valence-corrected chi connectivity index (χ1v) is 7.85. The Morgan fingerprint density at radius 2 is 1.95 bits per heavy atom. The molecule has 0 saturated carbocycles. The average Bonchev–Trinajstić information content (AvgIpc) is 2.52. The molecule has 4 heteroatoms. The van der Waals surface area contributed by atoms with Crippen molar-refractivity contribution in [1.29, 1.82) is 0 Å². The van der Waals surface area contributed by atoms with Crippen molar-refractivity contribution in [3.05, 3.63) is 35.4 Å². The number of hydrogen-bond acceptors (Lipinski definition) is 3. The van der Waals surface area contributed by atoms with Crippen LogP contribution in [0, 0.1) is 0 Å². The van der Waals surface area contributed by atoms with Crippen molar-refractivity contribution in [1.82, 2.24) is 10.6 Å². The van der Waals surface area contributed by atoms with Crippen LogP contribution in [-0.2, 0) is 11.3 Å². The number of carbonyl (C=O) groups excluding carboxylic acids is 1. The highest BCUT2D eigenvalue weighted by atomic mass is 16.5. The average molecular weight is 296 g/mol. The molecule has 0 saturated heterocycles. The third-order valence-corrected chi connectivity index (χ3v) is 3.35. The number of amides is 1. The van der Waals surface area contributed by atoms with Gasteiger partial charge in [-0.25, -0.2) is 0 Å². The van der Waals surface area contributed by atoms with Crippen LogP contribution in [-0.4, -0.2) is 31.6 Å². The van der Waals surface area contributed by atoms with E-state index in [4.69, 9.17) is 4.74 Å². The van der Waals surface area contributed by atoms with Crippen LogP contribution < -0.4 is 10.6 Å². The van der Waals surface area contributed by atoms with Crippen LogP contribution in [0.2, 0.25) is 0 Å². The van der Waals surface area contributed by atoms with Gasteiger partial charge >= 0.3 is 0 Å². The van der Waals surface area contributed by atoms with Gasteiger partial charge in [-0.15, -0.1) is 0 Å². The summed E-state index contributed by atoms with van der Waals surface area (Å²) < 4.78 is 5.47. The Labute approximate surface area is 131 Å². The second kappa shape index (κ2) is 10.4. The van der Waals surface area contributed by atoms with Crippen molar-refractivity contribution in [2.24, 2.45) is 0 Å². The second-order valence-electron chi connectivity index (χ2n) is 5.27. The maximum atomic E-state index is 12.0. The molecule has 0 bridgehead atoms. The number of hydrogen-bond donors (Lipinski definition) is 2. The van der Waals surface area contributed by atoms with Crippen LogP contribution in [0.3, 0.4) is 0 Å². The lowest BCUT2D eigenvalue weighted by molar-refractivity contribution is 0.0953. The Morgan fingerprint density at radius 1 is 1.24 bits per heavy atom. The fourth-order valence-electron chi connectivity index (χ4n) is 1.83. The molecule has 2 N–H and O–H groups in total. The Morgan fingerprint density at radius 3 is 2.57 bits per heavy atom. The second-order valence-corrected chi connectivity index (χ2v) is 5.27. The maximum Gasteiger partial charge on any atom is 0.251 e. The fraction of sp³-hybridized carbons (Fsp3) is 0.588. The van der Waals surface area contributed by atoms with E-state index in [-0.39, 0.29) is 8.76 Å². The molecule has 0 aliphatic heterocycles. The highest BCUT2D eigenvalue weighted by molar-refractivity contribution is 5.94. The Kier molecular flexibility index (Phi) is 8.71. The molecule has 1 atom stereocenters. The Bertz CT molecular complexity index is 414. The summed E-state index contributed by atoms with van der Waals surface area (Å²) in [7, 11) is 0. The molecule has 0 fully saturated rings. The van der Waals surface area contributed by atoms with Crippen LogP contribution in [0.4, 0.5) is 0 Å². The normalized spacial score (nSPS) is 12.1. The standard InChI is InChI=1S/C17H28N2O2.2H2/c1-4-12-21-13-15-6-8-16(9-7-15)17(20)19-11-10-18-14(3)5-2;;/h6-9,14,18H,4-5,10-13H2,1-3H3,(H,19,20);2*1H. The number of ether oxygens (including phenoxy) is 1. The van der Waals surface area contributed by atoms with Crippen molar-refractivity contribution in [3.8, 4) is 0 Å². The molecule has 1 rings (SSSR count). The molecule has 122 valence electrons. The van der Waals surface area contributed by atoms with E-state index in [1.54, 1.807) is 0 Å². The molecule has 1 amide bonds. The topological polar surface area (TPSA) is 50.4 Å². The predicted molar refractivity (Wildman–Crippen MR) is 90.7 cm³/mol. The predicted octanol–water partition coefficient (Wildman–Crippen LogP) is 3.22. The minimum Gasteiger partial charge on any atom is -0.377 e. The lowest BCUT2D eigenvalue weighted by Crippen LogP contribution is -2.35. The number of carbonyl (C=O) groups is 1.